The summed E-state index contributed by atoms with van der Waals surface area (Å²) in [5.74, 6) is -0.307. The molecule has 1 atom stereocenters. The molecule has 0 radical (unpaired) electrons. The zero-order valence-electron chi connectivity index (χ0n) is 17.6. The maximum atomic E-state index is 13.0. The Morgan fingerprint density at radius 2 is 1.61 bits per heavy atom. The fourth-order valence-corrected chi connectivity index (χ4v) is 4.09. The molecule has 158 valence electrons. The maximum absolute atomic E-state index is 13.0. The molecule has 1 fully saturated rings. The van der Waals surface area contributed by atoms with Gasteiger partial charge in [-0.1, -0.05) is 72.8 Å². The topological polar surface area (TPSA) is 58.6 Å². The van der Waals surface area contributed by atoms with Crippen LogP contribution in [0, 0.1) is 0 Å². The first-order valence-electron chi connectivity index (χ1n) is 10.5. The number of hydrogen-bond donors (Lipinski definition) is 1. The Balaban J connectivity index is 1.61. The molecule has 5 nitrogen and oxygen atoms in total. The van der Waals surface area contributed by atoms with Crippen LogP contribution >= 0.6 is 0 Å². The van der Waals surface area contributed by atoms with Crippen LogP contribution in [0.25, 0.3) is 11.1 Å². The lowest BCUT2D eigenvalue weighted by atomic mass is 9.89. The van der Waals surface area contributed by atoms with E-state index in [4.69, 9.17) is 4.74 Å². The maximum Gasteiger partial charge on any atom is 0.254 e. The average molecular weight is 415 g/mol. The molecule has 0 spiro atoms. The van der Waals surface area contributed by atoms with Gasteiger partial charge in [0.2, 0.25) is 0 Å². The van der Waals surface area contributed by atoms with E-state index in [9.17, 15) is 9.59 Å². The molecule has 31 heavy (non-hydrogen) atoms. The largest absolute Gasteiger partial charge is 0.361 e. The number of hydrogen-bond acceptors (Lipinski definition) is 3. The molecule has 0 bridgehead atoms. The van der Waals surface area contributed by atoms with Crippen LogP contribution in [0.1, 0.15) is 15.9 Å². The molecule has 0 saturated carbocycles. The number of amides is 2. The van der Waals surface area contributed by atoms with Gasteiger partial charge in [-0.05, 0) is 28.8 Å². The summed E-state index contributed by atoms with van der Waals surface area (Å²) in [5, 5.41) is 2.74. The molecule has 5 heteroatoms. The Morgan fingerprint density at radius 1 is 0.935 bits per heavy atom. The molecule has 1 N–H and O–H groups in total. The molecule has 1 aliphatic rings. The first-order valence-corrected chi connectivity index (χ1v) is 10.5. The summed E-state index contributed by atoms with van der Waals surface area (Å²) < 4.78 is 6.08. The third-order valence-electron chi connectivity index (χ3n) is 5.66. The second kappa shape index (κ2) is 9.14. The van der Waals surface area contributed by atoms with E-state index in [1.165, 1.54) is 0 Å². The summed E-state index contributed by atoms with van der Waals surface area (Å²) in [6.07, 6.45) is 0.381. The number of nitrogens with one attached hydrogen (secondary N) is 1. The van der Waals surface area contributed by atoms with Crippen LogP contribution in [0.5, 0.6) is 0 Å². The molecular formula is C26H26N2O3. The number of ether oxygens (including phenoxy) is 1. The van der Waals surface area contributed by atoms with Crippen molar-refractivity contribution >= 4 is 11.8 Å². The van der Waals surface area contributed by atoms with Gasteiger partial charge in [0.1, 0.15) is 0 Å². The van der Waals surface area contributed by atoms with Crippen LogP contribution < -0.4 is 5.32 Å². The Labute approximate surface area is 182 Å². The summed E-state index contributed by atoms with van der Waals surface area (Å²) in [6.45, 7) is 0.969. The summed E-state index contributed by atoms with van der Waals surface area (Å²) in [7, 11) is 1.60. The van der Waals surface area contributed by atoms with Crippen LogP contribution in [0.4, 0.5) is 0 Å². The Hall–Kier alpha value is -3.44. The number of benzene rings is 3. The molecule has 2 amide bonds. The minimum absolute atomic E-state index is 0.0878. The lowest BCUT2D eigenvalue weighted by molar-refractivity contribution is -0.156. The molecular weight excluding hydrogens is 388 g/mol. The first kappa shape index (κ1) is 20.8. The minimum Gasteiger partial charge on any atom is -0.361 e. The van der Waals surface area contributed by atoms with Gasteiger partial charge in [0.25, 0.3) is 11.8 Å². The fraction of sp³-hybridized carbons (Fsp3) is 0.231. The number of morpholine rings is 1. The minimum atomic E-state index is -1.13. The average Bonchev–Trinajstić information content (AvgIpc) is 2.84. The highest BCUT2D eigenvalue weighted by Crippen LogP contribution is 2.27. The van der Waals surface area contributed by atoms with Crippen molar-refractivity contribution in [3.05, 3.63) is 96.1 Å². The van der Waals surface area contributed by atoms with Gasteiger partial charge in [0, 0.05) is 25.6 Å². The van der Waals surface area contributed by atoms with E-state index >= 15 is 0 Å². The zero-order valence-corrected chi connectivity index (χ0v) is 17.6. The van der Waals surface area contributed by atoms with Gasteiger partial charge in [0.05, 0.1) is 13.2 Å². The molecule has 3 aromatic rings. The van der Waals surface area contributed by atoms with E-state index in [0.29, 0.717) is 25.1 Å². The van der Waals surface area contributed by atoms with Crippen LogP contribution in [-0.2, 0) is 16.0 Å². The predicted molar refractivity (Wildman–Crippen MR) is 121 cm³/mol. The van der Waals surface area contributed by atoms with Gasteiger partial charge >= 0.3 is 0 Å². The van der Waals surface area contributed by atoms with Gasteiger partial charge in [-0.3, -0.25) is 9.59 Å². The van der Waals surface area contributed by atoms with Gasteiger partial charge in [-0.2, -0.15) is 0 Å². The standard InChI is InChI=1S/C26H26N2O3/c1-27-25(30)26(18-20-9-8-14-23(17-20)21-10-4-2-5-11-21)19-28(15-16-31-26)24(29)22-12-6-3-7-13-22/h2-14,17H,15-16,18-19H2,1H3,(H,27,30)/t26-/m0/s1. The number of likely N-dealkylation sites (N-methyl/N-ethyl adjacent to an activating group) is 1. The molecule has 1 heterocycles. The van der Waals surface area contributed by atoms with E-state index in [-0.39, 0.29) is 18.4 Å². The fourth-order valence-electron chi connectivity index (χ4n) is 4.09. The Kier molecular flexibility index (Phi) is 6.14. The lowest BCUT2D eigenvalue weighted by Gasteiger charge is -2.41. The van der Waals surface area contributed by atoms with Gasteiger partial charge in [-0.25, -0.2) is 0 Å². The van der Waals surface area contributed by atoms with Crippen molar-refractivity contribution < 1.29 is 14.3 Å². The van der Waals surface area contributed by atoms with Crippen LogP contribution in [-0.4, -0.2) is 49.1 Å². The van der Waals surface area contributed by atoms with Crippen molar-refractivity contribution in [1.29, 1.82) is 0 Å². The molecule has 4 rings (SSSR count). The molecule has 1 aliphatic heterocycles. The first-order chi connectivity index (χ1) is 15.1. The highest BCUT2D eigenvalue weighted by Gasteiger charge is 2.44. The van der Waals surface area contributed by atoms with Gasteiger partial charge < -0.3 is 15.0 Å². The zero-order chi connectivity index (χ0) is 21.7. The van der Waals surface area contributed by atoms with E-state index in [1.54, 1.807) is 24.1 Å². The van der Waals surface area contributed by atoms with Crippen LogP contribution in [0.15, 0.2) is 84.9 Å². The molecule has 0 aliphatic carbocycles. The Morgan fingerprint density at radius 3 is 2.32 bits per heavy atom. The third-order valence-corrected chi connectivity index (χ3v) is 5.66. The van der Waals surface area contributed by atoms with E-state index in [2.05, 4.69) is 29.6 Å². The molecule has 1 saturated heterocycles. The number of carbonyl (C=O) groups is 2. The van der Waals surface area contributed by atoms with Crippen molar-refractivity contribution in [2.24, 2.45) is 0 Å². The number of rotatable bonds is 5. The highest BCUT2D eigenvalue weighted by atomic mass is 16.5. The van der Waals surface area contributed by atoms with Crippen molar-refractivity contribution in [2.45, 2.75) is 12.0 Å². The SMILES string of the molecule is CNC(=O)[C@]1(Cc2cccc(-c3ccccc3)c2)CN(C(=O)c2ccccc2)CCO1. The van der Waals surface area contributed by atoms with Crippen molar-refractivity contribution in [1.82, 2.24) is 10.2 Å². The lowest BCUT2D eigenvalue weighted by Crippen LogP contribution is -2.61. The predicted octanol–water partition coefficient (Wildman–Crippen LogP) is 3.55. The molecule has 0 unspecified atom stereocenters. The monoisotopic (exact) mass is 414 g/mol. The van der Waals surface area contributed by atoms with Crippen LogP contribution in [0.3, 0.4) is 0 Å². The van der Waals surface area contributed by atoms with Crippen molar-refractivity contribution in [2.75, 3.05) is 26.7 Å². The number of nitrogens with zero attached hydrogens (tertiary/aromatic N) is 1. The Bertz CT molecular complexity index is 1050. The van der Waals surface area contributed by atoms with E-state index < -0.39 is 5.60 Å². The second-order valence-electron chi connectivity index (χ2n) is 7.76. The smallest absolute Gasteiger partial charge is 0.254 e. The molecule has 3 aromatic carbocycles. The summed E-state index contributed by atoms with van der Waals surface area (Å²) in [5.41, 5.74) is 2.66. The quantitative estimate of drug-likeness (QED) is 0.695. The number of carbonyl (C=O) groups excluding carboxylic acids is 2. The van der Waals surface area contributed by atoms with Crippen molar-refractivity contribution in [3.63, 3.8) is 0 Å². The normalized spacial score (nSPS) is 18.4. The summed E-state index contributed by atoms with van der Waals surface area (Å²) >= 11 is 0. The van der Waals surface area contributed by atoms with Crippen molar-refractivity contribution in [3.8, 4) is 11.1 Å². The molecule has 0 aromatic heterocycles. The summed E-state index contributed by atoms with van der Waals surface area (Å²) in [6, 6.07) is 27.4. The van der Waals surface area contributed by atoms with Gasteiger partial charge in [0.15, 0.2) is 5.60 Å². The van der Waals surface area contributed by atoms with E-state index in [0.717, 1.165) is 16.7 Å². The van der Waals surface area contributed by atoms with E-state index in [1.807, 2.05) is 48.5 Å². The second-order valence-corrected chi connectivity index (χ2v) is 7.76. The third kappa shape index (κ3) is 4.52. The van der Waals surface area contributed by atoms with Gasteiger partial charge in [-0.15, -0.1) is 0 Å². The summed E-state index contributed by atoms with van der Waals surface area (Å²) in [4.78, 5) is 27.7. The van der Waals surface area contributed by atoms with Crippen LogP contribution in [0.2, 0.25) is 0 Å². The highest BCUT2D eigenvalue weighted by molar-refractivity contribution is 5.95.